The van der Waals surface area contributed by atoms with E-state index >= 15 is 0 Å². The highest BCUT2D eigenvalue weighted by Gasteiger charge is 2.02. The lowest BCUT2D eigenvalue weighted by Crippen LogP contribution is -1.87. The quantitative estimate of drug-likeness (QED) is 0.610. The van der Waals surface area contributed by atoms with Crippen molar-refractivity contribution in [2.45, 2.75) is 47.5 Å². The van der Waals surface area contributed by atoms with Gasteiger partial charge in [-0.2, -0.15) is 0 Å². The summed E-state index contributed by atoms with van der Waals surface area (Å²) in [5.41, 5.74) is 4.15. The smallest absolute Gasteiger partial charge is 0.0406 e. The first-order valence-electron chi connectivity index (χ1n) is 6.07. The fraction of sp³-hybridized carbons (Fsp3) is 0.467. The van der Waals surface area contributed by atoms with Crippen LogP contribution < -0.4 is 0 Å². The van der Waals surface area contributed by atoms with E-state index in [1.165, 1.54) is 23.1 Å². The van der Waals surface area contributed by atoms with Gasteiger partial charge in [-0.05, 0) is 43.5 Å². The lowest BCUT2D eigenvalue weighted by Gasteiger charge is -2.09. The van der Waals surface area contributed by atoms with Gasteiger partial charge in [0.25, 0.3) is 0 Å². The molecule has 0 amide bonds. The molecule has 1 aromatic carbocycles. The molecule has 0 saturated heterocycles. The molecule has 1 rings (SSSR count). The highest BCUT2D eigenvalue weighted by Crippen LogP contribution is 2.24. The van der Waals surface area contributed by atoms with Crippen LogP contribution in [0, 0.1) is 0 Å². The number of rotatable bonds is 3. The summed E-state index contributed by atoms with van der Waals surface area (Å²) in [5, 5.41) is 0.804. The van der Waals surface area contributed by atoms with Gasteiger partial charge in [0.2, 0.25) is 0 Å². The Hall–Kier alpha value is -0.750. The molecular formula is C15H23Cl. The molecule has 0 unspecified atom stereocenters. The van der Waals surface area contributed by atoms with Crippen molar-refractivity contribution in [1.82, 2.24) is 0 Å². The minimum Gasteiger partial charge on any atom is -0.0843 e. The largest absolute Gasteiger partial charge is 0.0843 e. The van der Waals surface area contributed by atoms with Crippen LogP contribution in [0.4, 0.5) is 0 Å². The summed E-state index contributed by atoms with van der Waals surface area (Å²) in [4.78, 5) is 0. The predicted molar refractivity (Wildman–Crippen MR) is 76.0 cm³/mol. The number of benzene rings is 1. The van der Waals surface area contributed by atoms with Crippen molar-refractivity contribution < 1.29 is 0 Å². The van der Waals surface area contributed by atoms with E-state index in [0.717, 1.165) is 11.4 Å². The van der Waals surface area contributed by atoms with Crippen molar-refractivity contribution in [2.24, 2.45) is 0 Å². The van der Waals surface area contributed by atoms with Crippen LogP contribution >= 0.6 is 11.6 Å². The molecule has 0 aliphatic rings. The van der Waals surface area contributed by atoms with Gasteiger partial charge in [0, 0.05) is 5.02 Å². The number of hydrogen-bond donors (Lipinski definition) is 0. The minimum atomic E-state index is 0.804. The Bertz CT molecular complexity index is 316. The first kappa shape index (κ1) is 15.2. The van der Waals surface area contributed by atoms with Gasteiger partial charge in [0.15, 0.2) is 0 Å². The Morgan fingerprint density at radius 1 is 1.06 bits per heavy atom. The Balaban J connectivity index is 0.00000106. The van der Waals surface area contributed by atoms with Crippen LogP contribution in [-0.2, 0) is 0 Å². The SMILES string of the molecule is CC.CCCC(=C(C)C)c1ccc(Cl)cc1. The van der Waals surface area contributed by atoms with Crippen molar-refractivity contribution >= 4 is 17.2 Å². The van der Waals surface area contributed by atoms with Gasteiger partial charge in [0.1, 0.15) is 0 Å². The highest BCUT2D eigenvalue weighted by atomic mass is 35.5. The van der Waals surface area contributed by atoms with E-state index in [0.29, 0.717) is 0 Å². The summed E-state index contributed by atoms with van der Waals surface area (Å²) in [6.45, 7) is 10.5. The van der Waals surface area contributed by atoms with Gasteiger partial charge in [-0.15, -0.1) is 0 Å². The molecular weight excluding hydrogens is 216 g/mol. The third-order valence-electron chi connectivity index (χ3n) is 2.30. The van der Waals surface area contributed by atoms with Crippen molar-refractivity contribution in [2.75, 3.05) is 0 Å². The molecule has 0 fully saturated rings. The molecule has 1 heteroatoms. The second-order valence-corrected chi connectivity index (χ2v) is 4.17. The summed E-state index contributed by atoms with van der Waals surface area (Å²) in [6, 6.07) is 8.10. The maximum atomic E-state index is 5.86. The molecule has 0 aliphatic heterocycles. The van der Waals surface area contributed by atoms with Crippen LogP contribution in [0.2, 0.25) is 5.02 Å². The average molecular weight is 239 g/mol. The van der Waals surface area contributed by atoms with Gasteiger partial charge in [0.05, 0.1) is 0 Å². The van der Waals surface area contributed by atoms with Crippen LogP contribution in [0.25, 0.3) is 5.57 Å². The molecule has 0 bridgehead atoms. The number of hydrogen-bond acceptors (Lipinski definition) is 0. The van der Waals surface area contributed by atoms with E-state index in [9.17, 15) is 0 Å². The molecule has 0 nitrogen and oxygen atoms in total. The van der Waals surface area contributed by atoms with Gasteiger partial charge in [-0.25, -0.2) is 0 Å². The van der Waals surface area contributed by atoms with E-state index in [1.807, 2.05) is 26.0 Å². The van der Waals surface area contributed by atoms with Crippen molar-refractivity contribution in [1.29, 1.82) is 0 Å². The Morgan fingerprint density at radius 2 is 1.56 bits per heavy atom. The standard InChI is InChI=1S/C13H17Cl.C2H6/c1-4-5-13(10(2)3)11-6-8-12(14)9-7-11;1-2/h6-9H,4-5H2,1-3H3;1-2H3. The molecule has 0 aromatic heterocycles. The first-order valence-corrected chi connectivity index (χ1v) is 6.45. The maximum absolute atomic E-state index is 5.86. The zero-order valence-corrected chi connectivity index (χ0v) is 11.9. The second-order valence-electron chi connectivity index (χ2n) is 3.74. The lowest BCUT2D eigenvalue weighted by atomic mass is 9.97. The zero-order chi connectivity index (χ0) is 12.6. The molecule has 1 aromatic rings. The van der Waals surface area contributed by atoms with Gasteiger partial charge in [-0.1, -0.05) is 56.5 Å². The van der Waals surface area contributed by atoms with Crippen LogP contribution in [0.3, 0.4) is 0 Å². The predicted octanol–water partition coefficient (Wildman–Crippen LogP) is 5.96. The minimum absolute atomic E-state index is 0.804. The third kappa shape index (κ3) is 4.85. The second kappa shape index (κ2) is 8.41. The van der Waals surface area contributed by atoms with Crippen LogP contribution in [0.5, 0.6) is 0 Å². The first-order chi connectivity index (χ1) is 7.65. The fourth-order valence-corrected chi connectivity index (χ4v) is 1.71. The molecule has 0 heterocycles. The molecule has 16 heavy (non-hydrogen) atoms. The molecule has 0 N–H and O–H groups in total. The van der Waals surface area contributed by atoms with Crippen LogP contribution in [0.1, 0.15) is 53.0 Å². The van der Waals surface area contributed by atoms with Gasteiger partial charge < -0.3 is 0 Å². The Morgan fingerprint density at radius 3 is 1.94 bits per heavy atom. The number of allylic oxidation sites excluding steroid dienone is 2. The normalized spacial score (nSPS) is 9.12. The maximum Gasteiger partial charge on any atom is 0.0406 e. The third-order valence-corrected chi connectivity index (χ3v) is 2.55. The zero-order valence-electron chi connectivity index (χ0n) is 11.1. The topological polar surface area (TPSA) is 0 Å². The van der Waals surface area contributed by atoms with Gasteiger partial charge in [-0.3, -0.25) is 0 Å². The van der Waals surface area contributed by atoms with E-state index in [-0.39, 0.29) is 0 Å². The van der Waals surface area contributed by atoms with E-state index in [2.05, 4.69) is 32.9 Å². The summed E-state index contributed by atoms with van der Waals surface area (Å²) < 4.78 is 0. The lowest BCUT2D eigenvalue weighted by molar-refractivity contribution is 0.965. The fourth-order valence-electron chi connectivity index (χ4n) is 1.58. The Kier molecular flexibility index (Phi) is 8.01. The molecule has 90 valence electrons. The van der Waals surface area contributed by atoms with Crippen LogP contribution in [0.15, 0.2) is 29.8 Å². The van der Waals surface area contributed by atoms with E-state index < -0.39 is 0 Å². The Labute approximate surface area is 105 Å². The molecule has 0 atom stereocenters. The van der Waals surface area contributed by atoms with E-state index in [1.54, 1.807) is 0 Å². The van der Waals surface area contributed by atoms with Crippen molar-refractivity contribution in [3.63, 3.8) is 0 Å². The molecule has 0 aliphatic carbocycles. The summed E-state index contributed by atoms with van der Waals surface area (Å²) in [7, 11) is 0. The van der Waals surface area contributed by atoms with Gasteiger partial charge >= 0.3 is 0 Å². The van der Waals surface area contributed by atoms with Crippen molar-refractivity contribution in [3.05, 3.63) is 40.4 Å². The average Bonchev–Trinajstić information content (AvgIpc) is 2.30. The highest BCUT2D eigenvalue weighted by molar-refractivity contribution is 6.30. The van der Waals surface area contributed by atoms with E-state index in [4.69, 9.17) is 11.6 Å². The summed E-state index contributed by atoms with van der Waals surface area (Å²) in [5.74, 6) is 0. The van der Waals surface area contributed by atoms with Crippen molar-refractivity contribution in [3.8, 4) is 0 Å². The molecule has 0 spiro atoms. The number of halogens is 1. The summed E-state index contributed by atoms with van der Waals surface area (Å²) >= 11 is 5.86. The molecule has 0 saturated carbocycles. The molecule has 0 radical (unpaired) electrons. The monoisotopic (exact) mass is 238 g/mol. The summed E-state index contributed by atoms with van der Waals surface area (Å²) in [6.07, 6.45) is 2.33. The van der Waals surface area contributed by atoms with Crippen LogP contribution in [-0.4, -0.2) is 0 Å².